The van der Waals surface area contributed by atoms with Gasteiger partial charge < -0.3 is 28.5 Å². The lowest BCUT2D eigenvalue weighted by molar-refractivity contribution is -0.127. The molecule has 1 atom stereocenters. The predicted octanol–water partition coefficient (Wildman–Crippen LogP) is 4.37. The van der Waals surface area contributed by atoms with E-state index in [9.17, 15) is 9.59 Å². The molecule has 1 aliphatic rings. The predicted molar refractivity (Wildman–Crippen MR) is 125 cm³/mol. The number of rotatable bonds is 10. The van der Waals surface area contributed by atoms with Crippen LogP contribution in [0.25, 0.3) is 0 Å². The number of methoxy groups -OCH3 is 2. The van der Waals surface area contributed by atoms with Crippen molar-refractivity contribution >= 4 is 11.8 Å². The number of amides is 2. The van der Waals surface area contributed by atoms with Gasteiger partial charge in [0.1, 0.15) is 5.76 Å². The molecule has 0 radical (unpaired) electrons. The molecule has 180 valence electrons. The highest BCUT2D eigenvalue weighted by Gasteiger charge is 2.36. The first-order valence-corrected chi connectivity index (χ1v) is 11.5. The van der Waals surface area contributed by atoms with Crippen LogP contribution in [-0.4, -0.2) is 43.5 Å². The molecule has 4 rings (SSSR count). The van der Waals surface area contributed by atoms with Crippen LogP contribution in [0.5, 0.6) is 11.5 Å². The van der Waals surface area contributed by atoms with E-state index in [0.29, 0.717) is 23.7 Å². The summed E-state index contributed by atoms with van der Waals surface area (Å²) < 4.78 is 21.7. The molecule has 8 heteroatoms. The van der Waals surface area contributed by atoms with Crippen LogP contribution < -0.4 is 14.8 Å². The fraction of sp³-hybridized carbons (Fsp3) is 0.385. The second kappa shape index (κ2) is 11.0. The zero-order chi connectivity index (χ0) is 23.9. The Morgan fingerprint density at radius 3 is 2.41 bits per heavy atom. The monoisotopic (exact) mass is 466 g/mol. The molecule has 2 aromatic heterocycles. The molecular weight excluding hydrogens is 436 g/mol. The van der Waals surface area contributed by atoms with Gasteiger partial charge in [0.15, 0.2) is 23.3 Å². The number of hydrogen-bond acceptors (Lipinski definition) is 6. The zero-order valence-corrected chi connectivity index (χ0v) is 19.5. The summed E-state index contributed by atoms with van der Waals surface area (Å²) in [6, 6.07) is 11.5. The summed E-state index contributed by atoms with van der Waals surface area (Å²) in [4.78, 5) is 28.5. The summed E-state index contributed by atoms with van der Waals surface area (Å²) in [5.41, 5.74) is 0.935. The van der Waals surface area contributed by atoms with Crippen LogP contribution in [0.3, 0.4) is 0 Å². The molecule has 8 nitrogen and oxygen atoms in total. The van der Waals surface area contributed by atoms with Gasteiger partial charge in [-0.1, -0.05) is 18.9 Å². The first-order chi connectivity index (χ1) is 16.6. The van der Waals surface area contributed by atoms with Gasteiger partial charge in [-0.15, -0.1) is 0 Å². The average Bonchev–Trinajstić information content (AvgIpc) is 3.64. The van der Waals surface area contributed by atoms with Gasteiger partial charge in [0.05, 0.1) is 26.7 Å². The molecule has 0 aliphatic heterocycles. The molecule has 1 aliphatic carbocycles. The lowest BCUT2D eigenvalue weighted by Crippen LogP contribution is -2.46. The first kappa shape index (κ1) is 23.5. The number of nitrogens with one attached hydrogen (secondary N) is 1. The normalized spacial score (nSPS) is 14.5. The van der Waals surface area contributed by atoms with Crippen LogP contribution >= 0.6 is 0 Å². The lowest BCUT2D eigenvalue weighted by Gasteiger charge is -2.30. The Morgan fingerprint density at radius 2 is 1.76 bits per heavy atom. The smallest absolute Gasteiger partial charge is 0.290 e. The highest BCUT2D eigenvalue weighted by atomic mass is 16.5. The third-order valence-electron chi connectivity index (χ3n) is 6.16. The van der Waals surface area contributed by atoms with E-state index in [1.807, 2.05) is 18.2 Å². The van der Waals surface area contributed by atoms with E-state index in [4.69, 9.17) is 18.3 Å². The molecule has 1 unspecified atom stereocenters. The summed E-state index contributed by atoms with van der Waals surface area (Å²) in [5.74, 6) is 1.16. The van der Waals surface area contributed by atoms with Crippen LogP contribution in [-0.2, 0) is 11.2 Å². The maximum atomic E-state index is 13.5. The van der Waals surface area contributed by atoms with Gasteiger partial charge in [0.25, 0.3) is 11.8 Å². The van der Waals surface area contributed by atoms with E-state index in [1.54, 1.807) is 38.5 Å². The maximum absolute atomic E-state index is 13.5. The molecule has 0 saturated heterocycles. The second-order valence-electron chi connectivity index (χ2n) is 8.32. The molecule has 2 amide bonds. The quantitative estimate of drug-likeness (QED) is 0.477. The van der Waals surface area contributed by atoms with E-state index < -0.39 is 6.04 Å². The van der Waals surface area contributed by atoms with Crippen LogP contribution in [0.2, 0.25) is 0 Å². The molecule has 0 spiro atoms. The summed E-state index contributed by atoms with van der Waals surface area (Å²) in [6.45, 7) is 0.262. The zero-order valence-electron chi connectivity index (χ0n) is 19.5. The first-order valence-electron chi connectivity index (χ1n) is 11.5. The van der Waals surface area contributed by atoms with Crippen molar-refractivity contribution < 1.29 is 27.9 Å². The third kappa shape index (κ3) is 5.27. The third-order valence-corrected chi connectivity index (χ3v) is 6.16. The molecule has 2 heterocycles. The molecule has 3 aromatic rings. The lowest BCUT2D eigenvalue weighted by atomic mass is 10.1. The highest BCUT2D eigenvalue weighted by molar-refractivity contribution is 5.95. The fourth-order valence-corrected chi connectivity index (χ4v) is 4.40. The number of furan rings is 2. The van der Waals surface area contributed by atoms with Crippen molar-refractivity contribution in [1.29, 1.82) is 0 Å². The fourth-order valence-electron chi connectivity index (χ4n) is 4.40. The largest absolute Gasteiger partial charge is 0.493 e. The van der Waals surface area contributed by atoms with Gasteiger partial charge in [-0.05, 0) is 61.2 Å². The van der Waals surface area contributed by atoms with E-state index in [0.717, 1.165) is 31.2 Å². The van der Waals surface area contributed by atoms with Gasteiger partial charge in [-0.2, -0.15) is 0 Å². The average molecular weight is 467 g/mol. The summed E-state index contributed by atoms with van der Waals surface area (Å²) >= 11 is 0. The minimum atomic E-state index is -0.923. The Morgan fingerprint density at radius 1 is 1.03 bits per heavy atom. The molecular formula is C26H30N2O6. The van der Waals surface area contributed by atoms with E-state index in [-0.39, 0.29) is 30.2 Å². The molecule has 1 saturated carbocycles. The van der Waals surface area contributed by atoms with Gasteiger partial charge >= 0.3 is 0 Å². The molecule has 34 heavy (non-hydrogen) atoms. The number of hydrogen-bond donors (Lipinski definition) is 1. The minimum absolute atomic E-state index is 0.108. The Balaban J connectivity index is 1.63. The number of nitrogens with zero attached hydrogens (tertiary/aromatic N) is 1. The topological polar surface area (TPSA) is 94.2 Å². The van der Waals surface area contributed by atoms with E-state index >= 15 is 0 Å². The van der Waals surface area contributed by atoms with Crippen LogP contribution in [0.1, 0.15) is 53.6 Å². The van der Waals surface area contributed by atoms with Gasteiger partial charge in [0, 0.05) is 12.6 Å². The van der Waals surface area contributed by atoms with Gasteiger partial charge in [-0.3, -0.25) is 9.59 Å². The number of ether oxygens (including phenoxy) is 2. The highest BCUT2D eigenvalue weighted by Crippen LogP contribution is 2.30. The van der Waals surface area contributed by atoms with Crippen molar-refractivity contribution in [3.05, 3.63) is 72.1 Å². The van der Waals surface area contributed by atoms with E-state index in [1.165, 1.54) is 17.4 Å². The molecule has 1 aromatic carbocycles. The second-order valence-corrected chi connectivity index (χ2v) is 8.32. The Hall–Kier alpha value is -3.68. The van der Waals surface area contributed by atoms with Crippen molar-refractivity contribution in [2.24, 2.45) is 0 Å². The summed E-state index contributed by atoms with van der Waals surface area (Å²) in [6.07, 6.45) is 7.49. The molecule has 0 bridgehead atoms. The van der Waals surface area contributed by atoms with E-state index in [2.05, 4.69) is 5.32 Å². The van der Waals surface area contributed by atoms with Gasteiger partial charge in [0.2, 0.25) is 0 Å². The van der Waals surface area contributed by atoms with Crippen LogP contribution in [0.15, 0.2) is 63.8 Å². The summed E-state index contributed by atoms with van der Waals surface area (Å²) in [7, 11) is 3.16. The van der Waals surface area contributed by atoms with Crippen molar-refractivity contribution in [1.82, 2.24) is 10.2 Å². The van der Waals surface area contributed by atoms with Crippen molar-refractivity contribution in [3.63, 3.8) is 0 Å². The van der Waals surface area contributed by atoms with Crippen LogP contribution in [0, 0.1) is 0 Å². The van der Waals surface area contributed by atoms with Gasteiger partial charge in [-0.25, -0.2) is 0 Å². The van der Waals surface area contributed by atoms with Crippen molar-refractivity contribution in [2.45, 2.75) is 44.2 Å². The number of carbonyl (C=O) groups is 2. The Kier molecular flexibility index (Phi) is 7.57. The number of carbonyl (C=O) groups excluding carboxylic acids is 2. The van der Waals surface area contributed by atoms with Crippen molar-refractivity contribution in [3.8, 4) is 11.5 Å². The van der Waals surface area contributed by atoms with Crippen LogP contribution in [0.4, 0.5) is 0 Å². The Labute approximate surface area is 198 Å². The summed E-state index contributed by atoms with van der Waals surface area (Å²) in [5, 5.41) is 3.12. The minimum Gasteiger partial charge on any atom is -0.493 e. The molecule has 1 N–H and O–H groups in total. The maximum Gasteiger partial charge on any atom is 0.290 e. The Bertz CT molecular complexity index is 1070. The standard InChI is InChI=1S/C26H30N2O6/c1-31-20-12-11-18(17-23(20)32-2)13-14-28(26(30)22-10-6-16-34-22)24(21-9-5-15-33-21)25(29)27-19-7-3-4-8-19/h5-6,9-12,15-17,19,24H,3-4,7-8,13-14H2,1-2H3,(H,27,29). The SMILES string of the molecule is COc1ccc(CCN(C(=O)c2ccco2)C(C(=O)NC2CCCC2)c2ccco2)cc1OC. The molecule has 1 fully saturated rings. The van der Waals surface area contributed by atoms with Crippen molar-refractivity contribution in [2.75, 3.05) is 20.8 Å². The number of benzene rings is 1.